The Labute approximate surface area is 101 Å². The molecule has 0 saturated heterocycles. The third-order valence-corrected chi connectivity index (χ3v) is 3.69. The Morgan fingerprint density at radius 3 is 2.82 bits per heavy atom. The first-order valence-electron chi connectivity index (χ1n) is 6.31. The summed E-state index contributed by atoms with van der Waals surface area (Å²) in [5.41, 5.74) is 1.55. The lowest BCUT2D eigenvalue weighted by Crippen LogP contribution is -2.27. The topological polar surface area (TPSA) is 55.1 Å². The molecule has 4 heteroatoms. The zero-order chi connectivity index (χ0) is 12.4. The fourth-order valence-corrected chi connectivity index (χ4v) is 2.70. The molecule has 0 aromatic carbocycles. The fraction of sp³-hybridized carbons (Fsp3) is 0.692. The summed E-state index contributed by atoms with van der Waals surface area (Å²) < 4.78 is 1.71. The Hall–Kier alpha value is -1.16. The number of nitrogens with zero attached hydrogens (tertiary/aromatic N) is 2. The maximum Gasteiger partial charge on any atom is 0.347 e. The van der Waals surface area contributed by atoms with Crippen LogP contribution in [-0.4, -0.2) is 20.8 Å². The van der Waals surface area contributed by atoms with Crippen LogP contribution in [0, 0.1) is 19.8 Å². The second kappa shape index (κ2) is 5.00. The Morgan fingerprint density at radius 2 is 2.24 bits per heavy atom. The lowest BCUT2D eigenvalue weighted by atomic mass is 10.0. The summed E-state index contributed by atoms with van der Waals surface area (Å²) in [6.07, 6.45) is 3.78. The lowest BCUT2D eigenvalue weighted by Gasteiger charge is -2.16. The van der Waals surface area contributed by atoms with E-state index >= 15 is 0 Å². The van der Waals surface area contributed by atoms with Gasteiger partial charge in [0.2, 0.25) is 0 Å². The summed E-state index contributed by atoms with van der Waals surface area (Å²) in [5, 5.41) is 9.75. The van der Waals surface area contributed by atoms with E-state index in [0.29, 0.717) is 12.5 Å². The molecule has 0 radical (unpaired) electrons. The molecule has 1 aromatic rings. The van der Waals surface area contributed by atoms with Crippen LogP contribution in [-0.2, 0) is 6.54 Å². The SMILES string of the molecule is Cc1cc(C)n(CCC2CCCC2O)c(=O)n1. The van der Waals surface area contributed by atoms with E-state index in [1.54, 1.807) is 4.57 Å². The van der Waals surface area contributed by atoms with E-state index in [-0.39, 0.29) is 11.8 Å². The van der Waals surface area contributed by atoms with Gasteiger partial charge in [-0.25, -0.2) is 4.79 Å². The van der Waals surface area contributed by atoms with E-state index in [2.05, 4.69) is 4.98 Å². The minimum atomic E-state index is -0.176. The van der Waals surface area contributed by atoms with Crippen molar-refractivity contribution in [3.8, 4) is 0 Å². The number of aryl methyl sites for hydroxylation is 2. The maximum atomic E-state index is 11.7. The van der Waals surface area contributed by atoms with E-state index in [1.165, 1.54) is 0 Å². The third kappa shape index (κ3) is 2.75. The van der Waals surface area contributed by atoms with Crippen molar-refractivity contribution in [2.45, 2.75) is 52.2 Å². The Bertz CT molecular complexity index is 453. The molecule has 1 fully saturated rings. The lowest BCUT2D eigenvalue weighted by molar-refractivity contribution is 0.125. The van der Waals surface area contributed by atoms with Gasteiger partial charge >= 0.3 is 5.69 Å². The molecule has 0 spiro atoms. The van der Waals surface area contributed by atoms with Crippen molar-refractivity contribution in [3.05, 3.63) is 27.9 Å². The molecule has 1 aromatic heterocycles. The molecular formula is C13H20N2O2. The minimum Gasteiger partial charge on any atom is -0.393 e. The fourth-order valence-electron chi connectivity index (χ4n) is 2.70. The van der Waals surface area contributed by atoms with E-state index in [1.807, 2.05) is 19.9 Å². The number of aliphatic hydroxyl groups excluding tert-OH is 1. The van der Waals surface area contributed by atoms with Crippen molar-refractivity contribution in [2.75, 3.05) is 0 Å². The van der Waals surface area contributed by atoms with Crippen molar-refractivity contribution < 1.29 is 5.11 Å². The van der Waals surface area contributed by atoms with Crippen molar-refractivity contribution in [2.24, 2.45) is 5.92 Å². The molecule has 2 atom stereocenters. The molecule has 4 nitrogen and oxygen atoms in total. The van der Waals surface area contributed by atoms with Gasteiger partial charge in [0.05, 0.1) is 6.10 Å². The molecule has 1 heterocycles. The molecule has 2 rings (SSSR count). The van der Waals surface area contributed by atoms with Crippen LogP contribution in [0.3, 0.4) is 0 Å². The highest BCUT2D eigenvalue weighted by Crippen LogP contribution is 2.28. The van der Waals surface area contributed by atoms with Gasteiger partial charge in [0.25, 0.3) is 0 Å². The molecule has 1 saturated carbocycles. The first-order chi connectivity index (χ1) is 8.08. The van der Waals surface area contributed by atoms with Crippen molar-refractivity contribution in [1.29, 1.82) is 0 Å². The first kappa shape index (κ1) is 12.3. The molecular weight excluding hydrogens is 216 g/mol. The molecule has 0 amide bonds. The van der Waals surface area contributed by atoms with Crippen LogP contribution in [0.4, 0.5) is 0 Å². The summed E-state index contributed by atoms with van der Waals surface area (Å²) in [7, 11) is 0. The second-order valence-corrected chi connectivity index (χ2v) is 5.02. The van der Waals surface area contributed by atoms with Gasteiger partial charge in [-0.05, 0) is 45.1 Å². The van der Waals surface area contributed by atoms with Crippen molar-refractivity contribution in [3.63, 3.8) is 0 Å². The Morgan fingerprint density at radius 1 is 1.47 bits per heavy atom. The summed E-state index contributed by atoms with van der Waals surface area (Å²) in [6, 6.07) is 1.92. The average molecular weight is 236 g/mol. The zero-order valence-electron chi connectivity index (χ0n) is 10.5. The third-order valence-electron chi connectivity index (χ3n) is 3.69. The number of rotatable bonds is 3. The largest absolute Gasteiger partial charge is 0.393 e. The number of aromatic nitrogens is 2. The van der Waals surface area contributed by atoms with E-state index in [4.69, 9.17) is 0 Å². The van der Waals surface area contributed by atoms with Crippen LogP contribution < -0.4 is 5.69 Å². The Kier molecular flexibility index (Phi) is 3.62. The molecule has 1 N–H and O–H groups in total. The highest BCUT2D eigenvalue weighted by Gasteiger charge is 2.24. The highest BCUT2D eigenvalue weighted by atomic mass is 16.3. The number of hydrogen-bond acceptors (Lipinski definition) is 3. The summed E-state index contributed by atoms with van der Waals surface area (Å²) in [4.78, 5) is 15.7. The predicted octanol–water partition coefficient (Wildman–Crippen LogP) is 1.41. The standard InChI is InChI=1S/C13H20N2O2/c1-9-8-10(2)15(13(17)14-9)7-6-11-4-3-5-12(11)16/h8,11-12,16H,3-7H2,1-2H3. The molecule has 0 bridgehead atoms. The normalized spacial score (nSPS) is 24.2. The van der Waals surface area contributed by atoms with Gasteiger partial charge in [-0.3, -0.25) is 4.57 Å². The molecule has 1 aliphatic rings. The predicted molar refractivity (Wildman–Crippen MR) is 65.9 cm³/mol. The van der Waals surface area contributed by atoms with E-state index < -0.39 is 0 Å². The van der Waals surface area contributed by atoms with Crippen molar-refractivity contribution in [1.82, 2.24) is 9.55 Å². The summed E-state index contributed by atoms with van der Waals surface area (Å²) in [5.74, 6) is 0.350. The van der Waals surface area contributed by atoms with E-state index in [0.717, 1.165) is 37.1 Å². The van der Waals surface area contributed by atoms with Crippen LogP contribution >= 0.6 is 0 Å². The zero-order valence-corrected chi connectivity index (χ0v) is 10.5. The quantitative estimate of drug-likeness (QED) is 0.863. The van der Waals surface area contributed by atoms with Gasteiger partial charge in [0.15, 0.2) is 0 Å². The molecule has 1 aliphatic carbocycles. The van der Waals surface area contributed by atoms with Gasteiger partial charge < -0.3 is 5.11 Å². The molecule has 0 aliphatic heterocycles. The van der Waals surface area contributed by atoms with Gasteiger partial charge in [-0.2, -0.15) is 4.98 Å². The van der Waals surface area contributed by atoms with E-state index in [9.17, 15) is 9.90 Å². The van der Waals surface area contributed by atoms with Crippen LogP contribution in [0.25, 0.3) is 0 Å². The summed E-state index contributed by atoms with van der Waals surface area (Å²) >= 11 is 0. The van der Waals surface area contributed by atoms with Crippen LogP contribution in [0.1, 0.15) is 37.1 Å². The van der Waals surface area contributed by atoms with Crippen LogP contribution in [0.2, 0.25) is 0 Å². The van der Waals surface area contributed by atoms with Crippen LogP contribution in [0.5, 0.6) is 0 Å². The average Bonchev–Trinajstić information content (AvgIpc) is 2.62. The van der Waals surface area contributed by atoms with Gasteiger partial charge in [0.1, 0.15) is 0 Å². The van der Waals surface area contributed by atoms with Gasteiger partial charge in [-0.15, -0.1) is 0 Å². The first-order valence-corrected chi connectivity index (χ1v) is 6.31. The van der Waals surface area contributed by atoms with Crippen molar-refractivity contribution >= 4 is 0 Å². The molecule has 2 unspecified atom stereocenters. The molecule has 94 valence electrons. The minimum absolute atomic E-state index is 0.171. The molecule has 17 heavy (non-hydrogen) atoms. The second-order valence-electron chi connectivity index (χ2n) is 5.02. The monoisotopic (exact) mass is 236 g/mol. The Balaban J connectivity index is 2.06. The number of hydrogen-bond donors (Lipinski definition) is 1. The van der Waals surface area contributed by atoms with Gasteiger partial charge in [0, 0.05) is 17.9 Å². The smallest absolute Gasteiger partial charge is 0.347 e. The highest BCUT2D eigenvalue weighted by molar-refractivity contribution is 5.06. The number of aliphatic hydroxyl groups is 1. The van der Waals surface area contributed by atoms with Crippen LogP contribution in [0.15, 0.2) is 10.9 Å². The van der Waals surface area contributed by atoms with Gasteiger partial charge in [-0.1, -0.05) is 6.42 Å². The maximum absolute atomic E-state index is 11.7. The summed E-state index contributed by atoms with van der Waals surface area (Å²) in [6.45, 7) is 4.43.